The fraction of sp³-hybridized carbons (Fsp3) is 0.241. The lowest BCUT2D eigenvalue weighted by atomic mass is 9.88. The number of aliphatic hydroxyl groups excluding tert-OH is 1. The third-order valence-corrected chi connectivity index (χ3v) is 7.24. The molecular weight excluding hydrogens is 465 g/mol. The van der Waals surface area contributed by atoms with Crippen molar-refractivity contribution >= 4 is 34.7 Å². The van der Waals surface area contributed by atoms with E-state index in [0.29, 0.717) is 11.1 Å². The molecule has 1 heterocycles. The molecule has 0 aromatic heterocycles. The van der Waals surface area contributed by atoms with E-state index in [9.17, 15) is 19.1 Å². The number of ketones is 1. The van der Waals surface area contributed by atoms with Gasteiger partial charge in [-0.2, -0.15) is 0 Å². The number of carbonyl (C=O) groups excluding carboxylic acids is 2. The zero-order valence-corrected chi connectivity index (χ0v) is 20.1. The Morgan fingerprint density at radius 1 is 1.00 bits per heavy atom. The second-order valence-electron chi connectivity index (χ2n) is 9.05. The highest BCUT2D eigenvalue weighted by atomic mass is 35.5. The van der Waals surface area contributed by atoms with Crippen LogP contribution in [0, 0.1) is 5.82 Å². The largest absolute Gasteiger partial charge is 0.507 e. The van der Waals surface area contributed by atoms with Gasteiger partial charge in [0.2, 0.25) is 0 Å². The normalized spacial score (nSPS) is 19.2. The number of rotatable bonds is 4. The second-order valence-corrected chi connectivity index (χ2v) is 9.46. The molecule has 5 rings (SSSR count). The lowest BCUT2D eigenvalue weighted by molar-refractivity contribution is -0.132. The van der Waals surface area contributed by atoms with Crippen LogP contribution in [-0.4, -0.2) is 16.8 Å². The van der Waals surface area contributed by atoms with Gasteiger partial charge in [0.1, 0.15) is 11.6 Å². The van der Waals surface area contributed by atoms with Gasteiger partial charge in [-0.1, -0.05) is 54.9 Å². The van der Waals surface area contributed by atoms with Crippen LogP contribution in [0.5, 0.6) is 0 Å². The van der Waals surface area contributed by atoms with Gasteiger partial charge in [0, 0.05) is 11.3 Å². The molecule has 1 aliphatic carbocycles. The highest BCUT2D eigenvalue weighted by Crippen LogP contribution is 2.43. The van der Waals surface area contributed by atoms with Gasteiger partial charge in [0.15, 0.2) is 0 Å². The number of aliphatic hydroxyl groups is 1. The number of aryl methyl sites for hydroxylation is 3. The molecule has 178 valence electrons. The maximum atomic E-state index is 13.9. The number of amides is 1. The van der Waals surface area contributed by atoms with Crippen molar-refractivity contribution in [3.63, 3.8) is 0 Å². The zero-order chi connectivity index (χ0) is 24.7. The molecule has 1 saturated heterocycles. The van der Waals surface area contributed by atoms with Crippen molar-refractivity contribution in [1.29, 1.82) is 0 Å². The predicted molar refractivity (Wildman–Crippen MR) is 135 cm³/mol. The first-order valence-electron chi connectivity index (χ1n) is 11.9. The summed E-state index contributed by atoms with van der Waals surface area (Å²) in [7, 11) is 0. The van der Waals surface area contributed by atoms with E-state index in [-0.39, 0.29) is 22.0 Å². The van der Waals surface area contributed by atoms with Crippen LogP contribution in [0.1, 0.15) is 53.6 Å². The van der Waals surface area contributed by atoms with Gasteiger partial charge in [-0.05, 0) is 78.6 Å². The molecule has 0 bridgehead atoms. The number of Topliss-reactive ketones (excluding diaryl/α,β-unsaturated/α-hetero) is 1. The molecule has 0 spiro atoms. The molecular formula is C29H25ClFNO3. The number of benzene rings is 3. The van der Waals surface area contributed by atoms with E-state index in [2.05, 4.69) is 0 Å². The summed E-state index contributed by atoms with van der Waals surface area (Å²) in [5.74, 6) is -2.41. The SMILES string of the molecule is CCc1ccc(C2/C(=C(/O)c3ccc4c(c3)CCCC4)C(=O)C(=O)N2c2ccc(F)c(Cl)c2)cc1. The smallest absolute Gasteiger partial charge is 0.300 e. The predicted octanol–water partition coefficient (Wildman–Crippen LogP) is 6.55. The Balaban J connectivity index is 1.69. The maximum Gasteiger partial charge on any atom is 0.300 e. The van der Waals surface area contributed by atoms with Crippen LogP contribution < -0.4 is 4.90 Å². The van der Waals surface area contributed by atoms with E-state index in [1.54, 1.807) is 6.07 Å². The van der Waals surface area contributed by atoms with Gasteiger partial charge < -0.3 is 5.11 Å². The maximum absolute atomic E-state index is 13.9. The van der Waals surface area contributed by atoms with Crippen molar-refractivity contribution in [2.24, 2.45) is 0 Å². The minimum absolute atomic E-state index is 0.00968. The highest BCUT2D eigenvalue weighted by Gasteiger charge is 2.47. The first-order valence-corrected chi connectivity index (χ1v) is 12.2. The minimum Gasteiger partial charge on any atom is -0.507 e. The summed E-state index contributed by atoms with van der Waals surface area (Å²) in [6, 6.07) is 16.3. The van der Waals surface area contributed by atoms with Crippen LogP contribution in [0.4, 0.5) is 10.1 Å². The number of hydrogen-bond donors (Lipinski definition) is 1. The fourth-order valence-electron chi connectivity index (χ4n) is 5.02. The molecule has 3 aromatic carbocycles. The van der Waals surface area contributed by atoms with Crippen molar-refractivity contribution in [2.75, 3.05) is 4.90 Å². The molecule has 4 nitrogen and oxygen atoms in total. The van der Waals surface area contributed by atoms with Crippen molar-refractivity contribution in [3.05, 3.63) is 105 Å². The van der Waals surface area contributed by atoms with E-state index >= 15 is 0 Å². The zero-order valence-electron chi connectivity index (χ0n) is 19.4. The van der Waals surface area contributed by atoms with E-state index in [0.717, 1.165) is 49.3 Å². The Kier molecular flexibility index (Phi) is 6.20. The van der Waals surface area contributed by atoms with Gasteiger partial charge in [-0.15, -0.1) is 0 Å². The van der Waals surface area contributed by atoms with Gasteiger partial charge in [-0.25, -0.2) is 4.39 Å². The summed E-state index contributed by atoms with van der Waals surface area (Å²) in [5, 5.41) is 11.2. The second kappa shape index (κ2) is 9.31. The number of nitrogens with zero attached hydrogens (tertiary/aromatic N) is 1. The van der Waals surface area contributed by atoms with Crippen LogP contribution in [-0.2, 0) is 28.9 Å². The third kappa shape index (κ3) is 4.14. The Hall–Kier alpha value is -3.44. The number of carbonyl (C=O) groups is 2. The standard InChI is InChI=1S/C29H25ClFNO3/c1-2-17-7-9-19(10-8-17)26-25(27(33)21-12-11-18-5-3-4-6-20(18)15-21)28(34)29(35)32(26)22-13-14-24(31)23(30)16-22/h7-16,26,33H,2-6H2,1H3/b27-25-. The Bertz CT molecular complexity index is 1360. The lowest BCUT2D eigenvalue weighted by Gasteiger charge is -2.26. The van der Waals surface area contributed by atoms with Crippen LogP contribution >= 0.6 is 11.6 Å². The van der Waals surface area contributed by atoms with Crippen LogP contribution in [0.25, 0.3) is 5.76 Å². The van der Waals surface area contributed by atoms with E-state index < -0.39 is 23.5 Å². The summed E-state index contributed by atoms with van der Waals surface area (Å²) >= 11 is 6.01. The van der Waals surface area contributed by atoms with E-state index in [1.165, 1.54) is 22.6 Å². The lowest BCUT2D eigenvalue weighted by Crippen LogP contribution is -2.29. The van der Waals surface area contributed by atoms with Gasteiger partial charge in [0.25, 0.3) is 11.7 Å². The molecule has 0 saturated carbocycles. The minimum atomic E-state index is -0.876. The van der Waals surface area contributed by atoms with E-state index in [1.807, 2.05) is 43.3 Å². The Morgan fingerprint density at radius 3 is 2.40 bits per heavy atom. The molecule has 35 heavy (non-hydrogen) atoms. The monoisotopic (exact) mass is 489 g/mol. The summed E-state index contributed by atoms with van der Waals surface area (Å²) in [4.78, 5) is 27.9. The quantitative estimate of drug-likeness (QED) is 0.257. The molecule has 0 radical (unpaired) electrons. The number of hydrogen-bond acceptors (Lipinski definition) is 3. The summed E-state index contributed by atoms with van der Waals surface area (Å²) in [6.07, 6.45) is 4.97. The van der Waals surface area contributed by atoms with Gasteiger partial charge in [-0.3, -0.25) is 14.5 Å². The van der Waals surface area contributed by atoms with E-state index in [4.69, 9.17) is 11.6 Å². The third-order valence-electron chi connectivity index (χ3n) is 6.95. The van der Waals surface area contributed by atoms with Crippen molar-refractivity contribution < 1.29 is 19.1 Å². The summed E-state index contributed by atoms with van der Waals surface area (Å²) in [5.41, 5.74) is 4.98. The number of anilines is 1. The Labute approximate surface area is 208 Å². The van der Waals surface area contributed by atoms with Gasteiger partial charge in [0.05, 0.1) is 16.6 Å². The first kappa shape index (κ1) is 23.3. The van der Waals surface area contributed by atoms with Crippen LogP contribution in [0.15, 0.2) is 66.2 Å². The average molecular weight is 490 g/mol. The highest BCUT2D eigenvalue weighted by molar-refractivity contribution is 6.51. The fourth-order valence-corrected chi connectivity index (χ4v) is 5.20. The molecule has 1 fully saturated rings. The molecule has 3 aromatic rings. The van der Waals surface area contributed by atoms with Crippen LogP contribution in [0.3, 0.4) is 0 Å². The topological polar surface area (TPSA) is 57.6 Å². The molecule has 1 aliphatic heterocycles. The van der Waals surface area contributed by atoms with Gasteiger partial charge >= 0.3 is 0 Å². The molecule has 1 amide bonds. The molecule has 1 atom stereocenters. The number of halogens is 2. The number of fused-ring (bicyclic) bond motifs is 1. The summed E-state index contributed by atoms with van der Waals surface area (Å²) in [6.45, 7) is 2.04. The Morgan fingerprint density at radius 2 is 1.71 bits per heavy atom. The first-order chi connectivity index (χ1) is 16.9. The molecule has 1 unspecified atom stereocenters. The van der Waals surface area contributed by atoms with Crippen molar-refractivity contribution in [2.45, 2.75) is 45.1 Å². The van der Waals surface area contributed by atoms with Crippen molar-refractivity contribution in [3.8, 4) is 0 Å². The molecule has 2 aliphatic rings. The molecule has 1 N–H and O–H groups in total. The summed E-state index contributed by atoms with van der Waals surface area (Å²) < 4.78 is 13.9. The molecule has 6 heteroatoms. The van der Waals surface area contributed by atoms with Crippen LogP contribution in [0.2, 0.25) is 5.02 Å². The van der Waals surface area contributed by atoms with Crippen molar-refractivity contribution in [1.82, 2.24) is 0 Å². The average Bonchev–Trinajstić information content (AvgIpc) is 3.15.